The van der Waals surface area contributed by atoms with Crippen LogP contribution in [0.2, 0.25) is 0 Å². The molecule has 6 nitrogen and oxygen atoms in total. The second kappa shape index (κ2) is 9.06. The quantitative estimate of drug-likeness (QED) is 0.499. The molecule has 0 saturated carbocycles. The van der Waals surface area contributed by atoms with Gasteiger partial charge in [-0.05, 0) is 44.0 Å². The molecule has 1 aliphatic heterocycles. The first-order chi connectivity index (χ1) is 12.2. The summed E-state index contributed by atoms with van der Waals surface area (Å²) in [6.07, 6.45) is 5.25. The van der Waals surface area contributed by atoms with Crippen molar-refractivity contribution in [1.82, 2.24) is 9.97 Å². The van der Waals surface area contributed by atoms with E-state index in [2.05, 4.69) is 26.7 Å². The van der Waals surface area contributed by atoms with Gasteiger partial charge in [-0.3, -0.25) is 0 Å². The Morgan fingerprint density at radius 3 is 2.73 bits per heavy atom. The zero-order valence-electron chi connectivity index (χ0n) is 14.5. The van der Waals surface area contributed by atoms with Gasteiger partial charge < -0.3 is 21.1 Å². The molecular formula is C19H21FN4O2. The molecule has 0 unspecified atom stereocenters. The first kappa shape index (κ1) is 19.5. The standard InChI is InChI=1S/C19H19FN4O.H2O/c1-14-7-8-16(18(20)22-14)5-2-4-15-9-12-24(13-10-15)19-17(23-25)6-3-11-21-19;/h3-4,6-8,11H,9-10,12-13,23H2,1H3;1H2. The molecule has 1 saturated heterocycles. The number of hydrogen-bond donors (Lipinski definition) is 1. The molecule has 26 heavy (non-hydrogen) atoms. The van der Waals surface area contributed by atoms with Gasteiger partial charge in [0.2, 0.25) is 5.95 Å². The molecule has 0 radical (unpaired) electrons. The van der Waals surface area contributed by atoms with Crippen molar-refractivity contribution in [2.75, 3.05) is 18.0 Å². The minimum absolute atomic E-state index is 0. The Bertz CT molecular complexity index is 848. The summed E-state index contributed by atoms with van der Waals surface area (Å²) in [5.41, 5.74) is 3.61. The van der Waals surface area contributed by atoms with Crippen molar-refractivity contribution in [2.45, 2.75) is 19.8 Å². The van der Waals surface area contributed by atoms with Crippen LogP contribution in [0.25, 0.3) is 0 Å². The number of rotatable bonds is 2. The van der Waals surface area contributed by atoms with Crippen LogP contribution >= 0.6 is 0 Å². The summed E-state index contributed by atoms with van der Waals surface area (Å²) in [6.45, 7) is 3.31. The highest BCUT2D eigenvalue weighted by atomic mass is 19.1. The average molecular weight is 356 g/mol. The molecule has 0 atom stereocenters. The van der Waals surface area contributed by atoms with Crippen LogP contribution in [0.4, 0.5) is 15.9 Å². The van der Waals surface area contributed by atoms with Gasteiger partial charge in [-0.15, -0.1) is 0 Å². The average Bonchev–Trinajstić information content (AvgIpc) is 2.64. The van der Waals surface area contributed by atoms with Crippen molar-refractivity contribution < 1.29 is 15.3 Å². The number of hydrogen-bond acceptors (Lipinski definition) is 4. The fourth-order valence-electron chi connectivity index (χ4n) is 2.75. The lowest BCUT2D eigenvalue weighted by atomic mass is 10.0. The molecule has 0 bridgehead atoms. The molecule has 2 aromatic heterocycles. The Morgan fingerprint density at radius 1 is 1.27 bits per heavy atom. The van der Waals surface area contributed by atoms with Crippen LogP contribution < -0.4 is 10.4 Å². The molecular weight excluding hydrogens is 335 g/mol. The third-order valence-electron chi connectivity index (χ3n) is 4.12. The van der Waals surface area contributed by atoms with E-state index < -0.39 is 5.95 Å². The van der Waals surface area contributed by atoms with Crippen LogP contribution in [0.5, 0.6) is 0 Å². The minimum Gasteiger partial charge on any atom is -0.630 e. The monoisotopic (exact) mass is 356 g/mol. The maximum Gasteiger partial charge on any atom is 0.228 e. The Labute approximate surface area is 151 Å². The third kappa shape index (κ3) is 4.64. The summed E-state index contributed by atoms with van der Waals surface area (Å²) in [7, 11) is 0. The molecule has 3 heterocycles. The number of nitrogens with two attached hydrogens (primary N) is 1. The number of allylic oxidation sites excluding steroid dienone is 1. The number of pyridine rings is 2. The smallest absolute Gasteiger partial charge is 0.228 e. The molecule has 3 rings (SSSR count). The number of halogens is 1. The van der Waals surface area contributed by atoms with Crippen molar-refractivity contribution in [2.24, 2.45) is 0 Å². The van der Waals surface area contributed by atoms with Crippen LogP contribution in [0, 0.1) is 29.9 Å². The normalized spacial score (nSPS) is 13.5. The highest BCUT2D eigenvalue weighted by molar-refractivity contribution is 5.57. The summed E-state index contributed by atoms with van der Waals surface area (Å²) >= 11 is 0. The second-order valence-corrected chi connectivity index (χ2v) is 5.88. The molecule has 1 fully saturated rings. The van der Waals surface area contributed by atoms with Crippen LogP contribution in [0.1, 0.15) is 24.1 Å². The molecule has 2 aromatic rings. The lowest BCUT2D eigenvalue weighted by Gasteiger charge is -2.29. The zero-order valence-corrected chi connectivity index (χ0v) is 14.5. The number of aryl methyl sites for hydroxylation is 1. The van der Waals surface area contributed by atoms with Gasteiger partial charge in [0.15, 0.2) is 11.5 Å². The number of nitrogens with zero attached hydrogens (tertiary/aromatic N) is 3. The van der Waals surface area contributed by atoms with E-state index in [1.807, 2.05) is 6.08 Å². The number of anilines is 1. The molecule has 0 spiro atoms. The van der Waals surface area contributed by atoms with Gasteiger partial charge in [-0.2, -0.15) is 4.39 Å². The van der Waals surface area contributed by atoms with E-state index in [4.69, 9.17) is 0 Å². The Morgan fingerprint density at radius 2 is 2.04 bits per heavy atom. The summed E-state index contributed by atoms with van der Waals surface area (Å²) in [5.74, 6) is 5.94. The van der Waals surface area contributed by atoms with E-state index in [0.29, 0.717) is 16.9 Å². The molecule has 0 aromatic carbocycles. The van der Waals surface area contributed by atoms with E-state index in [1.165, 1.54) is 5.57 Å². The van der Waals surface area contributed by atoms with Crippen molar-refractivity contribution >= 4 is 11.5 Å². The van der Waals surface area contributed by atoms with Gasteiger partial charge in [-0.1, -0.05) is 17.4 Å². The van der Waals surface area contributed by atoms with Crippen molar-refractivity contribution in [3.63, 3.8) is 0 Å². The predicted octanol–water partition coefficient (Wildman–Crippen LogP) is 1.37. The van der Waals surface area contributed by atoms with E-state index in [9.17, 15) is 9.60 Å². The third-order valence-corrected chi connectivity index (χ3v) is 4.12. The number of aromatic nitrogens is 2. The summed E-state index contributed by atoms with van der Waals surface area (Å²) in [6, 6.07) is 6.93. The number of quaternary nitrogens is 1. The summed E-state index contributed by atoms with van der Waals surface area (Å²) in [4.78, 5) is 10.2. The highest BCUT2D eigenvalue weighted by Crippen LogP contribution is 2.24. The maximum atomic E-state index is 13.6. The predicted molar refractivity (Wildman–Crippen MR) is 98.1 cm³/mol. The molecule has 4 N–H and O–H groups in total. The maximum absolute atomic E-state index is 13.6. The van der Waals surface area contributed by atoms with Gasteiger partial charge in [0, 0.05) is 31.0 Å². The van der Waals surface area contributed by atoms with E-state index in [0.717, 1.165) is 37.2 Å². The first-order valence-corrected chi connectivity index (χ1v) is 8.15. The van der Waals surface area contributed by atoms with E-state index in [-0.39, 0.29) is 5.48 Å². The van der Waals surface area contributed by atoms with Gasteiger partial charge in [0.1, 0.15) is 0 Å². The van der Waals surface area contributed by atoms with Crippen molar-refractivity contribution in [3.8, 4) is 11.8 Å². The largest absolute Gasteiger partial charge is 0.630 e. The van der Waals surface area contributed by atoms with Crippen molar-refractivity contribution in [1.29, 1.82) is 0 Å². The summed E-state index contributed by atoms with van der Waals surface area (Å²) in [5, 5.41) is 11.1. The molecule has 0 amide bonds. The minimum atomic E-state index is -0.530. The fourth-order valence-corrected chi connectivity index (χ4v) is 2.75. The molecule has 7 heteroatoms. The topological polar surface area (TPSA) is 100 Å². The SMILES string of the molecule is Cc1ccc(C#CC=C2CCN(c3ncccc3[NH2+][O-])CC2)c(F)n1.O. The van der Waals surface area contributed by atoms with Gasteiger partial charge in [0.25, 0.3) is 0 Å². The molecule has 0 aliphatic carbocycles. The molecule has 136 valence electrons. The van der Waals surface area contributed by atoms with Gasteiger partial charge in [0.05, 0.1) is 5.56 Å². The number of piperidine rings is 1. The fraction of sp³-hybridized carbons (Fsp3) is 0.263. The molecule has 1 aliphatic rings. The first-order valence-electron chi connectivity index (χ1n) is 8.15. The second-order valence-electron chi connectivity index (χ2n) is 5.88. The highest BCUT2D eigenvalue weighted by Gasteiger charge is 2.18. The van der Waals surface area contributed by atoms with Gasteiger partial charge >= 0.3 is 0 Å². The van der Waals surface area contributed by atoms with Gasteiger partial charge in [-0.25, -0.2) is 9.97 Å². The Kier molecular flexibility index (Phi) is 6.81. The van der Waals surface area contributed by atoms with E-state index in [1.54, 1.807) is 37.4 Å². The van der Waals surface area contributed by atoms with Crippen LogP contribution in [-0.2, 0) is 0 Å². The Balaban J connectivity index is 0.00000243. The van der Waals surface area contributed by atoms with E-state index >= 15 is 0 Å². The van der Waals surface area contributed by atoms with Crippen LogP contribution in [-0.4, -0.2) is 28.5 Å². The van der Waals surface area contributed by atoms with Crippen molar-refractivity contribution in [3.05, 3.63) is 64.5 Å². The van der Waals surface area contributed by atoms with Crippen LogP contribution in [0.15, 0.2) is 42.1 Å². The lowest BCUT2D eigenvalue weighted by molar-refractivity contribution is -0.496. The lowest BCUT2D eigenvalue weighted by Crippen LogP contribution is -2.70. The zero-order chi connectivity index (χ0) is 17.6. The Hall–Kier alpha value is -2.79. The van der Waals surface area contributed by atoms with Crippen LogP contribution in [0.3, 0.4) is 0 Å². The summed E-state index contributed by atoms with van der Waals surface area (Å²) < 4.78 is 13.6.